The monoisotopic (exact) mass is 278 g/mol. The van der Waals surface area contributed by atoms with Crippen molar-refractivity contribution in [3.63, 3.8) is 0 Å². The average Bonchev–Trinajstić information content (AvgIpc) is 2.40. The first-order valence-corrected chi connectivity index (χ1v) is 8.24. The maximum absolute atomic E-state index is 9.97. The Bertz CT molecular complexity index is 509. The molecule has 0 fully saturated rings. The summed E-state index contributed by atoms with van der Waals surface area (Å²) in [4.78, 5) is 19.9. The molecular weight excluding hydrogens is 259 g/mol. The van der Waals surface area contributed by atoms with Crippen LogP contribution in [0.3, 0.4) is 0 Å². The fourth-order valence-electron chi connectivity index (χ4n) is 1.80. The molecule has 0 amide bonds. The molecule has 2 aromatic rings. The van der Waals surface area contributed by atoms with Crippen LogP contribution in [0, 0.1) is 6.92 Å². The normalized spacial score (nSPS) is 12.4. The Hall–Kier alpha value is -1.25. The van der Waals surface area contributed by atoms with Crippen LogP contribution in [0.5, 0.6) is 0 Å². The Morgan fingerprint density at radius 1 is 0.895 bits per heavy atom. The van der Waals surface area contributed by atoms with Crippen LogP contribution < -0.4 is 0 Å². The molecule has 19 heavy (non-hydrogen) atoms. The quantitative estimate of drug-likeness (QED) is 0.826. The van der Waals surface area contributed by atoms with Gasteiger partial charge in [-0.25, -0.2) is 0 Å². The van der Waals surface area contributed by atoms with E-state index in [0.29, 0.717) is 0 Å². The molecule has 0 spiro atoms. The summed E-state index contributed by atoms with van der Waals surface area (Å²) in [5, 5.41) is 0. The molecule has 0 aliphatic rings. The molecule has 2 rings (SSSR count). The van der Waals surface area contributed by atoms with Crippen molar-refractivity contribution in [3.8, 4) is 0 Å². The zero-order valence-corrected chi connectivity index (χ0v) is 11.9. The predicted octanol–water partition coefficient (Wildman–Crippen LogP) is 3.19. The van der Waals surface area contributed by atoms with Crippen LogP contribution in [0.25, 0.3) is 0 Å². The molecule has 2 N–H and O–H groups in total. The summed E-state index contributed by atoms with van der Waals surface area (Å²) in [6, 6.07) is 17.2. The second-order valence-electron chi connectivity index (χ2n) is 4.68. The van der Waals surface area contributed by atoms with Crippen LogP contribution >= 0.6 is 7.94 Å². The van der Waals surface area contributed by atoms with Crippen molar-refractivity contribution in [2.75, 3.05) is 0 Å². The first-order chi connectivity index (χ1) is 9.05. The second-order valence-corrected chi connectivity index (χ2v) is 6.81. The third-order valence-electron chi connectivity index (χ3n) is 2.87. The molecule has 4 heteroatoms. The number of hydrogen-bond acceptors (Lipinski definition) is 3. The number of benzene rings is 2. The van der Waals surface area contributed by atoms with Crippen LogP contribution in [0.1, 0.15) is 16.7 Å². The van der Waals surface area contributed by atoms with Gasteiger partial charge < -0.3 is 0 Å². The number of aryl methyl sites for hydroxylation is 1. The van der Waals surface area contributed by atoms with Gasteiger partial charge in [0.25, 0.3) is 0 Å². The van der Waals surface area contributed by atoms with Crippen LogP contribution in [0.4, 0.5) is 0 Å². The average molecular weight is 278 g/mol. The molecule has 0 saturated heterocycles. The first kappa shape index (κ1) is 14.2. The van der Waals surface area contributed by atoms with Gasteiger partial charge in [0.05, 0.1) is 0 Å². The standard InChI is InChI=1S/C15H19O3P/c1-13-7-9-15(10-8-13)12-19(16,17)18-11-14-5-3-2-4-6-14/h2-10,16-17,19H,11-12H2,1H3. The molecule has 0 unspecified atom stereocenters. The predicted molar refractivity (Wildman–Crippen MR) is 78.9 cm³/mol. The van der Waals surface area contributed by atoms with Gasteiger partial charge in [-0.05, 0) is 0 Å². The van der Waals surface area contributed by atoms with E-state index in [1.54, 1.807) is 0 Å². The number of hydrogen-bond donors (Lipinski definition) is 2. The molecule has 0 bridgehead atoms. The molecule has 0 aliphatic heterocycles. The van der Waals surface area contributed by atoms with Gasteiger partial charge in [-0.3, -0.25) is 0 Å². The van der Waals surface area contributed by atoms with Crippen LogP contribution in [0.2, 0.25) is 0 Å². The van der Waals surface area contributed by atoms with E-state index in [1.807, 2.05) is 61.5 Å². The van der Waals surface area contributed by atoms with Gasteiger partial charge in [0, 0.05) is 0 Å². The van der Waals surface area contributed by atoms with Gasteiger partial charge >= 0.3 is 113 Å². The van der Waals surface area contributed by atoms with Crippen molar-refractivity contribution in [1.82, 2.24) is 0 Å². The van der Waals surface area contributed by atoms with Crippen LogP contribution in [0.15, 0.2) is 54.6 Å². The van der Waals surface area contributed by atoms with E-state index in [9.17, 15) is 9.79 Å². The Balaban J connectivity index is 1.93. The van der Waals surface area contributed by atoms with E-state index >= 15 is 0 Å². The Morgan fingerprint density at radius 3 is 2.16 bits per heavy atom. The Morgan fingerprint density at radius 2 is 1.53 bits per heavy atom. The van der Waals surface area contributed by atoms with E-state index in [-0.39, 0.29) is 12.8 Å². The minimum absolute atomic E-state index is 0.181. The van der Waals surface area contributed by atoms with Crippen molar-refractivity contribution in [1.29, 1.82) is 0 Å². The van der Waals surface area contributed by atoms with Crippen molar-refractivity contribution < 1.29 is 14.3 Å². The van der Waals surface area contributed by atoms with Gasteiger partial charge in [-0.15, -0.1) is 0 Å². The molecular formula is C15H19O3P. The molecule has 0 heterocycles. The maximum atomic E-state index is 9.97. The van der Waals surface area contributed by atoms with Crippen LogP contribution in [-0.2, 0) is 17.3 Å². The molecule has 102 valence electrons. The van der Waals surface area contributed by atoms with Crippen molar-refractivity contribution in [2.24, 2.45) is 0 Å². The van der Waals surface area contributed by atoms with Crippen LogP contribution in [-0.4, -0.2) is 9.79 Å². The zero-order valence-electron chi connectivity index (χ0n) is 10.9. The minimum atomic E-state index is -3.64. The fraction of sp³-hybridized carbons (Fsp3) is 0.200. The van der Waals surface area contributed by atoms with Gasteiger partial charge in [-0.2, -0.15) is 0 Å². The van der Waals surface area contributed by atoms with Gasteiger partial charge in [0.2, 0.25) is 0 Å². The number of rotatable bonds is 5. The summed E-state index contributed by atoms with van der Waals surface area (Å²) in [5.41, 5.74) is 2.97. The zero-order chi connectivity index (χ0) is 13.7. The summed E-state index contributed by atoms with van der Waals surface area (Å²) < 4.78 is 5.30. The fourth-order valence-corrected chi connectivity index (χ4v) is 3.06. The molecule has 0 atom stereocenters. The summed E-state index contributed by atoms with van der Waals surface area (Å²) in [5.74, 6) is 0. The summed E-state index contributed by atoms with van der Waals surface area (Å²) >= 11 is 0. The van der Waals surface area contributed by atoms with E-state index in [4.69, 9.17) is 4.52 Å². The van der Waals surface area contributed by atoms with Crippen molar-refractivity contribution in [2.45, 2.75) is 19.7 Å². The molecule has 0 saturated carbocycles. The molecule has 2 aromatic carbocycles. The van der Waals surface area contributed by atoms with Gasteiger partial charge in [0.1, 0.15) is 0 Å². The Labute approximate surface area is 114 Å². The Kier molecular flexibility index (Phi) is 4.67. The van der Waals surface area contributed by atoms with Gasteiger partial charge in [-0.1, -0.05) is 0 Å². The molecule has 0 aliphatic carbocycles. The van der Waals surface area contributed by atoms with E-state index < -0.39 is 7.94 Å². The molecule has 0 aromatic heterocycles. The summed E-state index contributed by atoms with van der Waals surface area (Å²) in [6.45, 7) is 2.23. The summed E-state index contributed by atoms with van der Waals surface area (Å²) in [6.07, 6.45) is 0.181. The second kappa shape index (κ2) is 6.27. The van der Waals surface area contributed by atoms with Crippen molar-refractivity contribution >= 4 is 7.94 Å². The van der Waals surface area contributed by atoms with E-state index in [1.165, 1.54) is 0 Å². The molecule has 0 radical (unpaired) electrons. The van der Waals surface area contributed by atoms with E-state index in [2.05, 4.69) is 0 Å². The third kappa shape index (κ3) is 4.73. The summed E-state index contributed by atoms with van der Waals surface area (Å²) in [7, 11) is -3.64. The van der Waals surface area contributed by atoms with Crippen molar-refractivity contribution in [3.05, 3.63) is 71.3 Å². The molecule has 3 nitrogen and oxygen atoms in total. The van der Waals surface area contributed by atoms with Gasteiger partial charge in [0.15, 0.2) is 0 Å². The SMILES string of the molecule is Cc1ccc(C[PH](O)(O)OCc2ccccc2)cc1. The van der Waals surface area contributed by atoms with E-state index in [0.717, 1.165) is 16.7 Å². The third-order valence-corrected chi connectivity index (χ3v) is 4.34. The first-order valence-electron chi connectivity index (χ1n) is 6.23. The topological polar surface area (TPSA) is 49.7 Å².